The number of carbonyl (C=O) groups is 2. The molecule has 1 amide bonds. The van der Waals surface area contributed by atoms with E-state index in [0.29, 0.717) is 29.2 Å². The highest BCUT2D eigenvalue weighted by atomic mass is 35.5. The van der Waals surface area contributed by atoms with Gasteiger partial charge < -0.3 is 14.8 Å². The minimum atomic E-state index is -0.521. The van der Waals surface area contributed by atoms with Crippen molar-refractivity contribution in [2.24, 2.45) is 0 Å². The quantitative estimate of drug-likeness (QED) is 0.566. The van der Waals surface area contributed by atoms with Gasteiger partial charge in [-0.2, -0.15) is 0 Å². The number of benzene rings is 2. The number of carbonyl (C=O) groups excluding carboxylic acids is 2. The van der Waals surface area contributed by atoms with E-state index in [0.717, 1.165) is 5.56 Å². The van der Waals surface area contributed by atoms with Crippen LogP contribution in [0.15, 0.2) is 42.5 Å². The lowest BCUT2D eigenvalue weighted by atomic mass is 10.1. The first-order valence-electron chi connectivity index (χ1n) is 8.32. The molecule has 2 rings (SSSR count). The van der Waals surface area contributed by atoms with Gasteiger partial charge >= 0.3 is 5.97 Å². The van der Waals surface area contributed by atoms with E-state index in [2.05, 4.69) is 5.32 Å². The van der Waals surface area contributed by atoms with E-state index in [1.165, 1.54) is 12.7 Å². The Bertz CT molecular complexity index is 759. The smallest absolute Gasteiger partial charge is 0.341 e. The van der Waals surface area contributed by atoms with E-state index in [4.69, 9.17) is 21.1 Å². The van der Waals surface area contributed by atoms with Gasteiger partial charge in [0, 0.05) is 11.4 Å². The van der Waals surface area contributed by atoms with Crippen molar-refractivity contribution in [1.82, 2.24) is 5.32 Å². The molecule has 0 saturated heterocycles. The van der Waals surface area contributed by atoms with Gasteiger partial charge in [-0.05, 0) is 37.1 Å². The van der Waals surface area contributed by atoms with Crippen molar-refractivity contribution in [3.63, 3.8) is 0 Å². The fraction of sp³-hybridized carbons (Fsp3) is 0.300. The van der Waals surface area contributed by atoms with Gasteiger partial charge in [-0.1, -0.05) is 41.4 Å². The average molecular weight is 376 g/mol. The third-order valence-corrected chi connectivity index (χ3v) is 4.04. The monoisotopic (exact) mass is 375 g/mol. The second-order valence-electron chi connectivity index (χ2n) is 5.82. The number of ether oxygens (including phenoxy) is 2. The summed E-state index contributed by atoms with van der Waals surface area (Å²) >= 11 is 5.86. The molecular formula is C20H22ClNO4. The first-order valence-corrected chi connectivity index (χ1v) is 8.70. The van der Waals surface area contributed by atoms with E-state index < -0.39 is 5.97 Å². The largest absolute Gasteiger partial charge is 0.496 e. The van der Waals surface area contributed by atoms with Crippen LogP contribution in [0.3, 0.4) is 0 Å². The van der Waals surface area contributed by atoms with Gasteiger partial charge in [-0.15, -0.1) is 0 Å². The number of hydrogen-bond acceptors (Lipinski definition) is 4. The van der Waals surface area contributed by atoms with Gasteiger partial charge in [0.05, 0.1) is 13.7 Å². The molecule has 1 N–H and O–H groups in total. The lowest BCUT2D eigenvalue weighted by Crippen LogP contribution is -2.28. The SMILES string of the molecule is COc1cc(Cl)ccc1C(=O)OCCNC(=O)CCc1ccc(C)cc1. The van der Waals surface area contributed by atoms with Crippen LogP contribution in [0.2, 0.25) is 5.02 Å². The Morgan fingerprint density at radius 2 is 1.85 bits per heavy atom. The normalized spacial score (nSPS) is 10.3. The molecule has 0 spiro atoms. The molecule has 0 unspecified atom stereocenters. The fourth-order valence-corrected chi connectivity index (χ4v) is 2.51. The number of rotatable bonds is 8. The highest BCUT2D eigenvalue weighted by Gasteiger charge is 2.14. The van der Waals surface area contributed by atoms with Crippen LogP contribution in [0.25, 0.3) is 0 Å². The minimum Gasteiger partial charge on any atom is -0.496 e. The van der Waals surface area contributed by atoms with Gasteiger partial charge in [0.2, 0.25) is 5.91 Å². The van der Waals surface area contributed by atoms with Crippen LogP contribution in [0.1, 0.15) is 27.9 Å². The molecule has 0 aromatic heterocycles. The molecule has 6 heteroatoms. The second-order valence-corrected chi connectivity index (χ2v) is 6.25. The Kier molecular flexibility index (Phi) is 7.48. The van der Waals surface area contributed by atoms with Crippen LogP contribution in [0.4, 0.5) is 0 Å². The fourth-order valence-electron chi connectivity index (χ4n) is 2.35. The summed E-state index contributed by atoms with van der Waals surface area (Å²) in [5, 5.41) is 3.21. The molecule has 5 nitrogen and oxygen atoms in total. The first kappa shape index (κ1) is 19.8. The van der Waals surface area contributed by atoms with Crippen molar-refractivity contribution < 1.29 is 19.1 Å². The Hall–Kier alpha value is -2.53. The Morgan fingerprint density at radius 1 is 1.12 bits per heavy atom. The summed E-state index contributed by atoms with van der Waals surface area (Å²) in [7, 11) is 1.46. The number of amides is 1. The Morgan fingerprint density at radius 3 is 2.54 bits per heavy atom. The van der Waals surface area contributed by atoms with Gasteiger partial charge in [0.15, 0.2) is 0 Å². The molecule has 0 heterocycles. The Balaban J connectivity index is 1.70. The van der Waals surface area contributed by atoms with Crippen LogP contribution < -0.4 is 10.1 Å². The molecule has 2 aromatic carbocycles. The summed E-state index contributed by atoms with van der Waals surface area (Å²) in [5.74, 6) is -0.247. The molecule has 0 radical (unpaired) electrons. The zero-order valence-corrected chi connectivity index (χ0v) is 15.6. The molecule has 0 aliphatic carbocycles. The van der Waals surface area contributed by atoms with E-state index >= 15 is 0 Å². The second kappa shape index (κ2) is 9.82. The number of methoxy groups -OCH3 is 1. The first-order chi connectivity index (χ1) is 12.5. The van der Waals surface area contributed by atoms with Crippen LogP contribution in [-0.2, 0) is 16.0 Å². The van der Waals surface area contributed by atoms with Crippen molar-refractivity contribution in [3.05, 3.63) is 64.2 Å². The van der Waals surface area contributed by atoms with Crippen molar-refractivity contribution >= 4 is 23.5 Å². The summed E-state index contributed by atoms with van der Waals surface area (Å²) in [5.41, 5.74) is 2.60. The number of hydrogen-bond donors (Lipinski definition) is 1. The van der Waals surface area contributed by atoms with Crippen molar-refractivity contribution in [3.8, 4) is 5.75 Å². The van der Waals surface area contributed by atoms with E-state index in [-0.39, 0.29) is 19.1 Å². The van der Waals surface area contributed by atoms with Gasteiger partial charge in [0.25, 0.3) is 0 Å². The number of esters is 1. The molecule has 2 aromatic rings. The van der Waals surface area contributed by atoms with E-state index in [9.17, 15) is 9.59 Å². The summed E-state index contributed by atoms with van der Waals surface area (Å²) < 4.78 is 10.3. The zero-order chi connectivity index (χ0) is 18.9. The maximum Gasteiger partial charge on any atom is 0.341 e. The number of aryl methyl sites for hydroxylation is 2. The van der Waals surface area contributed by atoms with Crippen LogP contribution in [0.5, 0.6) is 5.75 Å². The summed E-state index contributed by atoms with van der Waals surface area (Å²) in [4.78, 5) is 23.9. The lowest BCUT2D eigenvalue weighted by molar-refractivity contribution is -0.121. The number of nitrogens with one attached hydrogen (secondary N) is 1. The number of halogens is 1. The third-order valence-electron chi connectivity index (χ3n) is 3.80. The van der Waals surface area contributed by atoms with Gasteiger partial charge in [-0.25, -0.2) is 4.79 Å². The standard InChI is InChI=1S/C20H22ClNO4/c1-14-3-5-15(6-4-14)7-10-19(23)22-11-12-26-20(24)17-9-8-16(21)13-18(17)25-2/h3-6,8-9,13H,7,10-12H2,1-2H3,(H,22,23). The predicted octanol–water partition coefficient (Wildman–Crippen LogP) is 3.56. The van der Waals surface area contributed by atoms with E-state index in [1.54, 1.807) is 18.2 Å². The molecule has 0 atom stereocenters. The summed E-state index contributed by atoms with van der Waals surface area (Å²) in [6, 6.07) is 12.8. The van der Waals surface area contributed by atoms with Crippen molar-refractivity contribution in [1.29, 1.82) is 0 Å². The molecule has 0 aliphatic rings. The molecule has 138 valence electrons. The topological polar surface area (TPSA) is 64.6 Å². The van der Waals surface area contributed by atoms with Gasteiger partial charge in [0.1, 0.15) is 17.9 Å². The summed E-state index contributed by atoms with van der Waals surface area (Å²) in [6.07, 6.45) is 1.07. The maximum atomic E-state index is 12.1. The Labute approximate surface area is 158 Å². The molecule has 0 bridgehead atoms. The van der Waals surface area contributed by atoms with Crippen molar-refractivity contribution in [2.75, 3.05) is 20.3 Å². The highest BCUT2D eigenvalue weighted by Crippen LogP contribution is 2.23. The van der Waals surface area contributed by atoms with E-state index in [1.807, 2.05) is 31.2 Å². The van der Waals surface area contributed by atoms with Crippen LogP contribution in [-0.4, -0.2) is 32.1 Å². The molecule has 0 aliphatic heterocycles. The van der Waals surface area contributed by atoms with Crippen molar-refractivity contribution in [2.45, 2.75) is 19.8 Å². The molecule has 0 fully saturated rings. The third kappa shape index (κ3) is 6.08. The molecular weight excluding hydrogens is 354 g/mol. The van der Waals surface area contributed by atoms with Crippen LogP contribution >= 0.6 is 11.6 Å². The molecule has 0 saturated carbocycles. The van der Waals surface area contributed by atoms with Gasteiger partial charge in [-0.3, -0.25) is 4.79 Å². The maximum absolute atomic E-state index is 12.1. The minimum absolute atomic E-state index is 0.0781. The highest BCUT2D eigenvalue weighted by molar-refractivity contribution is 6.30. The average Bonchev–Trinajstić information content (AvgIpc) is 2.64. The molecule has 26 heavy (non-hydrogen) atoms. The lowest BCUT2D eigenvalue weighted by Gasteiger charge is -2.10. The van der Waals surface area contributed by atoms with Crippen LogP contribution in [0, 0.1) is 6.92 Å². The summed E-state index contributed by atoms with van der Waals surface area (Å²) in [6.45, 7) is 2.37. The predicted molar refractivity (Wildman–Crippen MR) is 101 cm³/mol. The zero-order valence-electron chi connectivity index (χ0n) is 14.9.